The molecule has 90 valence electrons. The van der Waals surface area contributed by atoms with E-state index in [-0.39, 0.29) is 0 Å². The van der Waals surface area contributed by atoms with Gasteiger partial charge in [0, 0.05) is 18.9 Å². The molecule has 0 aliphatic heterocycles. The van der Waals surface area contributed by atoms with E-state index in [0.717, 1.165) is 36.9 Å². The molecular formula is C12H21NO2Si. The fourth-order valence-corrected chi connectivity index (χ4v) is 3.23. The molecule has 1 aromatic carbocycles. The number of hydrogen-bond acceptors (Lipinski definition) is 3. The van der Waals surface area contributed by atoms with Crippen molar-refractivity contribution in [1.29, 1.82) is 0 Å². The molecular weight excluding hydrogens is 218 g/mol. The first-order valence-corrected chi connectivity index (χ1v) is 7.38. The maximum atomic E-state index is 5.80. The Balaban J connectivity index is 2.62. The molecule has 2 N–H and O–H groups in total. The lowest BCUT2D eigenvalue weighted by Gasteiger charge is -2.16. The smallest absolute Gasteiger partial charge is 0.355 e. The second-order valence-electron chi connectivity index (χ2n) is 3.74. The molecule has 3 nitrogen and oxygen atoms in total. The number of nitrogen functional groups attached to an aromatic ring is 1. The Morgan fingerprint density at radius 3 is 1.94 bits per heavy atom. The maximum absolute atomic E-state index is 5.80. The fraction of sp³-hybridized carbons (Fsp3) is 0.500. The van der Waals surface area contributed by atoms with E-state index in [1.807, 2.05) is 24.3 Å². The number of benzene rings is 1. The summed E-state index contributed by atoms with van der Waals surface area (Å²) in [7, 11) is -1.70. The zero-order valence-electron chi connectivity index (χ0n) is 10.1. The van der Waals surface area contributed by atoms with E-state index < -0.39 is 9.28 Å². The van der Waals surface area contributed by atoms with E-state index in [2.05, 4.69) is 13.8 Å². The molecule has 0 fully saturated rings. The summed E-state index contributed by atoms with van der Waals surface area (Å²) in [5.74, 6) is 0. The standard InChI is InChI=1S/C12H21NO2Si/c1-3-9-14-16(15-10-4-2)12-7-5-11(13)6-8-12/h5-8,16H,3-4,9-10,13H2,1-2H3. The van der Waals surface area contributed by atoms with Crippen LogP contribution in [0.25, 0.3) is 0 Å². The van der Waals surface area contributed by atoms with Crippen LogP contribution in [0.4, 0.5) is 5.69 Å². The first kappa shape index (κ1) is 13.2. The third-order valence-electron chi connectivity index (χ3n) is 2.16. The van der Waals surface area contributed by atoms with E-state index in [1.165, 1.54) is 0 Å². The van der Waals surface area contributed by atoms with Crippen LogP contribution in [0, 0.1) is 0 Å². The molecule has 0 atom stereocenters. The van der Waals surface area contributed by atoms with Crippen molar-refractivity contribution >= 4 is 20.2 Å². The SMILES string of the molecule is CCCO[SiH](OCCC)c1ccc(N)cc1. The van der Waals surface area contributed by atoms with Gasteiger partial charge in [0.25, 0.3) is 0 Å². The molecule has 0 bridgehead atoms. The minimum Gasteiger partial charge on any atom is -0.399 e. The average Bonchev–Trinajstić information content (AvgIpc) is 2.31. The Labute approximate surface area is 99.4 Å². The molecule has 0 aliphatic carbocycles. The highest BCUT2D eigenvalue weighted by Crippen LogP contribution is 2.01. The van der Waals surface area contributed by atoms with Gasteiger partial charge < -0.3 is 14.6 Å². The van der Waals surface area contributed by atoms with Gasteiger partial charge in [-0.3, -0.25) is 0 Å². The van der Waals surface area contributed by atoms with Crippen LogP contribution in [0.2, 0.25) is 0 Å². The van der Waals surface area contributed by atoms with Crippen LogP contribution in [0.3, 0.4) is 0 Å². The Bertz CT molecular complexity index is 282. The van der Waals surface area contributed by atoms with Crippen LogP contribution < -0.4 is 10.9 Å². The Morgan fingerprint density at radius 1 is 1.00 bits per heavy atom. The Morgan fingerprint density at radius 2 is 1.50 bits per heavy atom. The van der Waals surface area contributed by atoms with Crippen LogP contribution in [-0.2, 0) is 8.85 Å². The lowest BCUT2D eigenvalue weighted by Crippen LogP contribution is -2.37. The van der Waals surface area contributed by atoms with Gasteiger partial charge in [-0.15, -0.1) is 0 Å². The summed E-state index contributed by atoms with van der Waals surface area (Å²) in [4.78, 5) is 0. The first-order chi connectivity index (χ1) is 7.77. The molecule has 0 aliphatic rings. The largest absolute Gasteiger partial charge is 0.399 e. The van der Waals surface area contributed by atoms with Crippen molar-refractivity contribution in [1.82, 2.24) is 0 Å². The van der Waals surface area contributed by atoms with E-state index in [4.69, 9.17) is 14.6 Å². The quantitative estimate of drug-likeness (QED) is 0.580. The Hall–Kier alpha value is -0.843. The van der Waals surface area contributed by atoms with Gasteiger partial charge in [-0.1, -0.05) is 26.0 Å². The molecule has 0 aromatic heterocycles. The third kappa shape index (κ3) is 4.34. The number of nitrogens with two attached hydrogens (primary N) is 1. The summed E-state index contributed by atoms with van der Waals surface area (Å²) in [6.07, 6.45) is 2.04. The number of hydrogen-bond donors (Lipinski definition) is 1. The van der Waals surface area contributed by atoms with Crippen molar-refractivity contribution in [3.63, 3.8) is 0 Å². The summed E-state index contributed by atoms with van der Waals surface area (Å²) < 4.78 is 11.6. The number of rotatable bonds is 7. The predicted octanol–water partition coefficient (Wildman–Crippen LogP) is 1.55. The second kappa shape index (κ2) is 7.43. The lowest BCUT2D eigenvalue weighted by atomic mass is 10.3. The highest BCUT2D eigenvalue weighted by molar-refractivity contribution is 6.61. The van der Waals surface area contributed by atoms with Gasteiger partial charge in [0.2, 0.25) is 0 Å². The van der Waals surface area contributed by atoms with E-state index in [0.29, 0.717) is 0 Å². The molecule has 1 rings (SSSR count). The molecule has 16 heavy (non-hydrogen) atoms. The second-order valence-corrected chi connectivity index (χ2v) is 5.74. The summed E-state index contributed by atoms with van der Waals surface area (Å²) in [5, 5.41) is 1.16. The van der Waals surface area contributed by atoms with Crippen molar-refractivity contribution in [2.24, 2.45) is 0 Å². The zero-order valence-corrected chi connectivity index (χ0v) is 11.3. The van der Waals surface area contributed by atoms with E-state index in [1.54, 1.807) is 0 Å². The summed E-state index contributed by atoms with van der Waals surface area (Å²) in [6.45, 7) is 5.75. The minimum atomic E-state index is -1.70. The van der Waals surface area contributed by atoms with Crippen molar-refractivity contribution < 1.29 is 8.85 Å². The molecule has 0 saturated carbocycles. The summed E-state index contributed by atoms with van der Waals surface area (Å²) in [6, 6.07) is 7.83. The average molecular weight is 239 g/mol. The highest BCUT2D eigenvalue weighted by atomic mass is 28.3. The molecule has 0 saturated heterocycles. The van der Waals surface area contributed by atoms with Crippen LogP contribution >= 0.6 is 0 Å². The van der Waals surface area contributed by atoms with E-state index in [9.17, 15) is 0 Å². The van der Waals surface area contributed by atoms with Gasteiger partial charge in [-0.25, -0.2) is 0 Å². The molecule has 1 aromatic rings. The van der Waals surface area contributed by atoms with Crippen LogP contribution in [0.15, 0.2) is 24.3 Å². The molecule has 0 radical (unpaired) electrons. The normalized spacial score (nSPS) is 10.9. The van der Waals surface area contributed by atoms with Gasteiger partial charge in [0.1, 0.15) is 0 Å². The van der Waals surface area contributed by atoms with Gasteiger partial charge in [-0.05, 0) is 30.2 Å². The van der Waals surface area contributed by atoms with Crippen LogP contribution in [0.5, 0.6) is 0 Å². The first-order valence-electron chi connectivity index (χ1n) is 5.86. The maximum Gasteiger partial charge on any atom is 0.355 e. The van der Waals surface area contributed by atoms with Gasteiger partial charge >= 0.3 is 9.28 Å². The summed E-state index contributed by atoms with van der Waals surface area (Å²) >= 11 is 0. The van der Waals surface area contributed by atoms with Crippen molar-refractivity contribution in [3.8, 4) is 0 Å². The van der Waals surface area contributed by atoms with Gasteiger partial charge in [0.05, 0.1) is 0 Å². The molecule has 0 heterocycles. The Kier molecular flexibility index (Phi) is 6.14. The van der Waals surface area contributed by atoms with E-state index >= 15 is 0 Å². The predicted molar refractivity (Wildman–Crippen MR) is 70.1 cm³/mol. The monoisotopic (exact) mass is 239 g/mol. The van der Waals surface area contributed by atoms with Crippen LogP contribution in [0.1, 0.15) is 26.7 Å². The van der Waals surface area contributed by atoms with Gasteiger partial charge in [-0.2, -0.15) is 0 Å². The third-order valence-corrected chi connectivity index (χ3v) is 4.16. The molecule has 0 amide bonds. The fourth-order valence-electron chi connectivity index (χ4n) is 1.34. The molecule has 4 heteroatoms. The van der Waals surface area contributed by atoms with Crippen molar-refractivity contribution in [2.75, 3.05) is 18.9 Å². The zero-order chi connectivity index (χ0) is 11.8. The lowest BCUT2D eigenvalue weighted by molar-refractivity contribution is 0.207. The van der Waals surface area contributed by atoms with Gasteiger partial charge in [0.15, 0.2) is 0 Å². The molecule has 0 unspecified atom stereocenters. The molecule has 0 spiro atoms. The minimum absolute atomic E-state index is 0.769. The van der Waals surface area contributed by atoms with Crippen molar-refractivity contribution in [3.05, 3.63) is 24.3 Å². The van der Waals surface area contributed by atoms with Crippen molar-refractivity contribution in [2.45, 2.75) is 26.7 Å². The number of anilines is 1. The summed E-state index contributed by atoms with van der Waals surface area (Å²) in [5.41, 5.74) is 6.44. The highest BCUT2D eigenvalue weighted by Gasteiger charge is 2.15. The van der Waals surface area contributed by atoms with Crippen LogP contribution in [-0.4, -0.2) is 22.5 Å². The topological polar surface area (TPSA) is 44.5 Å².